The highest BCUT2D eigenvalue weighted by atomic mass is 79.9. The number of hydrogen-bond acceptors (Lipinski definition) is 3. The topological polar surface area (TPSA) is 43.4 Å². The molecule has 4 heteroatoms. The van der Waals surface area contributed by atoms with Gasteiger partial charge in [0, 0.05) is 10.5 Å². The van der Waals surface area contributed by atoms with E-state index in [-0.39, 0.29) is 0 Å². The number of ether oxygens (including phenoxy) is 1. The molecule has 0 saturated carbocycles. The normalized spacial score (nSPS) is 10.3. The van der Waals surface area contributed by atoms with Crippen molar-refractivity contribution >= 4 is 27.9 Å². The molecule has 1 aromatic carbocycles. The van der Waals surface area contributed by atoms with Gasteiger partial charge in [-0.05, 0) is 25.1 Å². The van der Waals surface area contributed by atoms with Gasteiger partial charge >= 0.3 is 11.9 Å². The van der Waals surface area contributed by atoms with Crippen LogP contribution in [0.15, 0.2) is 40.9 Å². The molecule has 0 fully saturated rings. The van der Waals surface area contributed by atoms with E-state index in [0.29, 0.717) is 5.56 Å². The lowest BCUT2D eigenvalue weighted by Crippen LogP contribution is -2.10. The second-order valence-electron chi connectivity index (χ2n) is 2.72. The Kier molecular flexibility index (Phi) is 4.24. The second kappa shape index (κ2) is 5.46. The minimum Gasteiger partial charge on any atom is -0.386 e. The molecule has 1 rings (SSSR count). The zero-order chi connectivity index (χ0) is 11.3. The van der Waals surface area contributed by atoms with E-state index >= 15 is 0 Å². The third kappa shape index (κ3) is 3.67. The van der Waals surface area contributed by atoms with Crippen molar-refractivity contribution in [1.82, 2.24) is 0 Å². The number of carbonyl (C=O) groups is 2. The van der Waals surface area contributed by atoms with Crippen LogP contribution in [0.2, 0.25) is 0 Å². The molecule has 0 aliphatic carbocycles. The number of esters is 2. The summed E-state index contributed by atoms with van der Waals surface area (Å²) in [4.78, 5) is 22.4. The average molecular weight is 269 g/mol. The van der Waals surface area contributed by atoms with Crippen molar-refractivity contribution in [3.05, 3.63) is 46.5 Å². The molecule has 0 radical (unpaired) electrons. The van der Waals surface area contributed by atoms with Crippen LogP contribution >= 0.6 is 15.9 Å². The summed E-state index contributed by atoms with van der Waals surface area (Å²) in [5, 5.41) is 0. The minimum atomic E-state index is -0.664. The van der Waals surface area contributed by atoms with Gasteiger partial charge in [-0.3, -0.25) is 0 Å². The Morgan fingerprint density at radius 3 is 2.73 bits per heavy atom. The van der Waals surface area contributed by atoms with Crippen LogP contribution in [0, 0.1) is 0 Å². The maximum absolute atomic E-state index is 11.4. The van der Waals surface area contributed by atoms with E-state index < -0.39 is 11.9 Å². The van der Waals surface area contributed by atoms with Crippen molar-refractivity contribution in [2.24, 2.45) is 0 Å². The maximum Gasteiger partial charge on any atom is 0.346 e. The molecular weight excluding hydrogens is 260 g/mol. The van der Waals surface area contributed by atoms with Gasteiger partial charge in [0.25, 0.3) is 0 Å². The number of benzene rings is 1. The van der Waals surface area contributed by atoms with Gasteiger partial charge in [0.1, 0.15) is 0 Å². The van der Waals surface area contributed by atoms with Crippen LogP contribution in [0.5, 0.6) is 0 Å². The summed E-state index contributed by atoms with van der Waals surface area (Å²) >= 11 is 3.22. The highest BCUT2D eigenvalue weighted by Crippen LogP contribution is 2.12. The Balaban J connectivity index is 2.73. The number of hydrogen-bond donors (Lipinski definition) is 0. The molecule has 0 spiro atoms. The van der Waals surface area contributed by atoms with Crippen molar-refractivity contribution in [3.8, 4) is 0 Å². The molecule has 0 amide bonds. The molecule has 1 aromatic rings. The van der Waals surface area contributed by atoms with Gasteiger partial charge in [-0.2, -0.15) is 0 Å². The number of halogens is 1. The summed E-state index contributed by atoms with van der Waals surface area (Å²) in [6, 6.07) is 6.65. The zero-order valence-electron chi connectivity index (χ0n) is 8.07. The van der Waals surface area contributed by atoms with Gasteiger partial charge in [-0.1, -0.05) is 28.1 Å². The Morgan fingerprint density at radius 2 is 2.13 bits per heavy atom. The summed E-state index contributed by atoms with van der Waals surface area (Å²) in [6.07, 6.45) is 2.70. The van der Waals surface area contributed by atoms with Gasteiger partial charge in [0.2, 0.25) is 0 Å². The Hall–Kier alpha value is -1.42. The quantitative estimate of drug-likeness (QED) is 0.471. The van der Waals surface area contributed by atoms with Gasteiger partial charge in [0.15, 0.2) is 0 Å². The third-order valence-electron chi connectivity index (χ3n) is 1.56. The molecule has 78 valence electrons. The van der Waals surface area contributed by atoms with Crippen LogP contribution in [0.25, 0.3) is 0 Å². The average Bonchev–Trinajstić information content (AvgIpc) is 2.18. The number of allylic oxidation sites excluding steroid dienone is 1. The summed E-state index contributed by atoms with van der Waals surface area (Å²) in [5.74, 6) is -1.32. The SMILES string of the molecule is CC=CC(=O)OC(=O)c1cccc(Br)c1. The molecule has 0 aliphatic heterocycles. The van der Waals surface area contributed by atoms with Crippen LogP contribution in [0.3, 0.4) is 0 Å². The van der Waals surface area contributed by atoms with E-state index in [1.165, 1.54) is 12.2 Å². The highest BCUT2D eigenvalue weighted by molar-refractivity contribution is 9.10. The highest BCUT2D eigenvalue weighted by Gasteiger charge is 2.10. The fraction of sp³-hybridized carbons (Fsp3) is 0.0909. The fourth-order valence-electron chi connectivity index (χ4n) is 0.936. The van der Waals surface area contributed by atoms with E-state index in [4.69, 9.17) is 0 Å². The van der Waals surface area contributed by atoms with Crippen LogP contribution in [-0.2, 0) is 9.53 Å². The molecule has 0 atom stereocenters. The van der Waals surface area contributed by atoms with E-state index in [0.717, 1.165) is 4.47 Å². The summed E-state index contributed by atoms with van der Waals surface area (Å²) in [6.45, 7) is 1.67. The van der Waals surface area contributed by atoms with Crippen molar-refractivity contribution in [2.45, 2.75) is 6.92 Å². The predicted octanol–water partition coefficient (Wildman–Crippen LogP) is 2.71. The largest absolute Gasteiger partial charge is 0.386 e. The first-order valence-corrected chi connectivity index (χ1v) is 5.07. The molecule has 0 unspecified atom stereocenters. The lowest BCUT2D eigenvalue weighted by molar-refractivity contribution is -0.132. The van der Waals surface area contributed by atoms with Crippen LogP contribution < -0.4 is 0 Å². The van der Waals surface area contributed by atoms with Crippen LogP contribution in [0.1, 0.15) is 17.3 Å². The van der Waals surface area contributed by atoms with Gasteiger partial charge < -0.3 is 4.74 Å². The molecule has 15 heavy (non-hydrogen) atoms. The van der Waals surface area contributed by atoms with Crippen molar-refractivity contribution in [3.63, 3.8) is 0 Å². The Bertz CT molecular complexity index is 410. The Morgan fingerprint density at radius 1 is 1.40 bits per heavy atom. The zero-order valence-corrected chi connectivity index (χ0v) is 9.65. The van der Waals surface area contributed by atoms with Gasteiger partial charge in [-0.15, -0.1) is 0 Å². The smallest absolute Gasteiger partial charge is 0.346 e. The van der Waals surface area contributed by atoms with E-state index in [2.05, 4.69) is 20.7 Å². The van der Waals surface area contributed by atoms with E-state index in [9.17, 15) is 9.59 Å². The first kappa shape index (κ1) is 11.7. The van der Waals surface area contributed by atoms with Crippen molar-refractivity contribution in [2.75, 3.05) is 0 Å². The predicted molar refractivity (Wildman–Crippen MR) is 59.4 cm³/mol. The van der Waals surface area contributed by atoms with Crippen LogP contribution in [0.4, 0.5) is 0 Å². The lowest BCUT2D eigenvalue weighted by Gasteiger charge is -2.00. The molecule has 0 aliphatic rings. The number of rotatable bonds is 2. The molecule has 0 aromatic heterocycles. The van der Waals surface area contributed by atoms with E-state index in [1.54, 1.807) is 31.2 Å². The standard InChI is InChI=1S/C11H9BrO3/c1-2-4-10(13)15-11(14)8-5-3-6-9(12)7-8/h2-7H,1H3. The molecule has 0 N–H and O–H groups in total. The van der Waals surface area contributed by atoms with Crippen LogP contribution in [-0.4, -0.2) is 11.9 Å². The second-order valence-corrected chi connectivity index (χ2v) is 3.63. The first-order valence-electron chi connectivity index (χ1n) is 4.28. The summed E-state index contributed by atoms with van der Waals surface area (Å²) in [7, 11) is 0. The number of carbonyl (C=O) groups excluding carboxylic acids is 2. The van der Waals surface area contributed by atoms with Gasteiger partial charge in [0.05, 0.1) is 5.56 Å². The summed E-state index contributed by atoms with van der Waals surface area (Å²) < 4.78 is 5.31. The monoisotopic (exact) mass is 268 g/mol. The Labute approximate surface area is 95.9 Å². The first-order chi connectivity index (χ1) is 7.13. The maximum atomic E-state index is 11.4. The lowest BCUT2D eigenvalue weighted by atomic mass is 10.2. The van der Waals surface area contributed by atoms with Gasteiger partial charge in [-0.25, -0.2) is 9.59 Å². The summed E-state index contributed by atoms with van der Waals surface area (Å²) in [5.41, 5.74) is 0.335. The third-order valence-corrected chi connectivity index (χ3v) is 2.05. The molecule has 0 bridgehead atoms. The van der Waals surface area contributed by atoms with Crippen molar-refractivity contribution < 1.29 is 14.3 Å². The molecule has 3 nitrogen and oxygen atoms in total. The molecular formula is C11H9BrO3. The van der Waals surface area contributed by atoms with E-state index in [1.807, 2.05) is 0 Å². The minimum absolute atomic E-state index is 0.335. The fourth-order valence-corrected chi connectivity index (χ4v) is 1.34. The molecule has 0 heterocycles. The molecule has 0 saturated heterocycles. The van der Waals surface area contributed by atoms with Crippen molar-refractivity contribution in [1.29, 1.82) is 0 Å².